The Hall–Kier alpha value is -4.52. The lowest BCUT2D eigenvalue weighted by Gasteiger charge is -2.40. The predicted molar refractivity (Wildman–Crippen MR) is 146 cm³/mol. The fourth-order valence-corrected chi connectivity index (χ4v) is 4.82. The average molecular weight is 510 g/mol. The molecule has 0 radical (unpaired) electrons. The molecule has 1 heterocycles. The molecule has 1 aliphatic heterocycles. The van der Waals surface area contributed by atoms with Crippen molar-refractivity contribution in [3.8, 4) is 11.5 Å². The van der Waals surface area contributed by atoms with Crippen molar-refractivity contribution >= 4 is 17.5 Å². The summed E-state index contributed by atoms with van der Waals surface area (Å²) in [5.74, 6) is 1.32. The van der Waals surface area contributed by atoms with Gasteiger partial charge < -0.3 is 25.0 Å². The summed E-state index contributed by atoms with van der Waals surface area (Å²) in [5, 5.41) is 6.37. The third-order valence-corrected chi connectivity index (χ3v) is 6.68. The molecule has 38 heavy (non-hydrogen) atoms. The molecule has 1 unspecified atom stereocenters. The van der Waals surface area contributed by atoms with Gasteiger partial charge in [0.15, 0.2) is 0 Å². The number of benzene rings is 3. The molecule has 0 saturated carbocycles. The summed E-state index contributed by atoms with van der Waals surface area (Å²) in [6.45, 7) is 2.25. The van der Waals surface area contributed by atoms with Gasteiger partial charge in [0.05, 0.1) is 7.11 Å². The smallest absolute Gasteiger partial charge is 0.254 e. The summed E-state index contributed by atoms with van der Waals surface area (Å²) < 4.78 is 11.7. The average Bonchev–Trinajstić information content (AvgIpc) is 2.94. The SMILES string of the molecule is COc1ccc(C2NC3=C(CCC=C3)C(=O)N2Cc2ccccc2)cc1COc1ccc(NC(C)=O)cc1. The van der Waals surface area contributed by atoms with Crippen LogP contribution in [0.5, 0.6) is 11.5 Å². The minimum Gasteiger partial charge on any atom is -0.496 e. The topological polar surface area (TPSA) is 79.9 Å². The van der Waals surface area contributed by atoms with Gasteiger partial charge >= 0.3 is 0 Å². The van der Waals surface area contributed by atoms with Gasteiger partial charge in [-0.15, -0.1) is 0 Å². The molecule has 7 heteroatoms. The minimum atomic E-state index is -0.342. The van der Waals surface area contributed by atoms with Gasteiger partial charge in [0.1, 0.15) is 24.3 Å². The molecule has 1 atom stereocenters. The Morgan fingerprint density at radius 3 is 2.61 bits per heavy atom. The van der Waals surface area contributed by atoms with E-state index in [0.29, 0.717) is 23.7 Å². The maximum absolute atomic E-state index is 13.7. The largest absolute Gasteiger partial charge is 0.496 e. The molecule has 194 valence electrons. The monoisotopic (exact) mass is 509 g/mol. The number of hydrogen-bond acceptors (Lipinski definition) is 5. The van der Waals surface area contributed by atoms with Gasteiger partial charge in [0.25, 0.3) is 5.91 Å². The summed E-state index contributed by atoms with van der Waals surface area (Å²) in [7, 11) is 1.63. The van der Waals surface area contributed by atoms with Crippen LogP contribution in [0.1, 0.15) is 42.6 Å². The molecular weight excluding hydrogens is 478 g/mol. The number of methoxy groups -OCH3 is 1. The van der Waals surface area contributed by atoms with Crippen LogP contribution in [-0.4, -0.2) is 23.8 Å². The van der Waals surface area contributed by atoms with Crippen molar-refractivity contribution in [2.75, 3.05) is 12.4 Å². The van der Waals surface area contributed by atoms with E-state index in [-0.39, 0.29) is 24.6 Å². The highest BCUT2D eigenvalue weighted by Gasteiger charge is 2.35. The zero-order valence-corrected chi connectivity index (χ0v) is 21.6. The third-order valence-electron chi connectivity index (χ3n) is 6.68. The summed E-state index contributed by atoms with van der Waals surface area (Å²) in [6.07, 6.45) is 5.38. The van der Waals surface area contributed by atoms with Crippen molar-refractivity contribution < 1.29 is 19.1 Å². The van der Waals surface area contributed by atoms with Crippen molar-refractivity contribution in [1.82, 2.24) is 10.2 Å². The summed E-state index contributed by atoms with van der Waals surface area (Å²) >= 11 is 0. The van der Waals surface area contributed by atoms with Gasteiger partial charge in [-0.2, -0.15) is 0 Å². The third kappa shape index (κ3) is 5.57. The van der Waals surface area contributed by atoms with E-state index >= 15 is 0 Å². The van der Waals surface area contributed by atoms with Gasteiger partial charge in [0.2, 0.25) is 5.91 Å². The van der Waals surface area contributed by atoms with E-state index in [1.807, 2.05) is 71.6 Å². The molecule has 7 nitrogen and oxygen atoms in total. The second kappa shape index (κ2) is 11.3. The summed E-state index contributed by atoms with van der Waals surface area (Å²) in [6, 6.07) is 23.2. The van der Waals surface area contributed by atoms with Crippen molar-refractivity contribution in [3.05, 3.63) is 113 Å². The first kappa shape index (κ1) is 25.1. The van der Waals surface area contributed by atoms with Crippen LogP contribution in [0.15, 0.2) is 96.2 Å². The maximum atomic E-state index is 13.7. The molecule has 2 amide bonds. The van der Waals surface area contributed by atoms with Crippen molar-refractivity contribution in [2.24, 2.45) is 0 Å². The van der Waals surface area contributed by atoms with E-state index in [9.17, 15) is 9.59 Å². The Morgan fingerprint density at radius 1 is 1.08 bits per heavy atom. The number of nitrogens with one attached hydrogen (secondary N) is 2. The van der Waals surface area contributed by atoms with Crippen molar-refractivity contribution in [1.29, 1.82) is 0 Å². The van der Waals surface area contributed by atoms with Gasteiger partial charge in [-0.05, 0) is 66.4 Å². The number of nitrogens with zero attached hydrogens (tertiary/aromatic N) is 1. The number of anilines is 1. The zero-order chi connectivity index (χ0) is 26.5. The summed E-state index contributed by atoms with van der Waals surface area (Å²) in [4.78, 5) is 26.9. The molecule has 0 spiro atoms. The Bertz CT molecular complexity index is 1380. The van der Waals surface area contributed by atoms with Crippen LogP contribution in [0.2, 0.25) is 0 Å². The van der Waals surface area contributed by atoms with E-state index < -0.39 is 0 Å². The van der Waals surface area contributed by atoms with Crippen LogP contribution in [0.3, 0.4) is 0 Å². The second-order valence-electron chi connectivity index (χ2n) is 9.36. The maximum Gasteiger partial charge on any atom is 0.254 e. The number of rotatable bonds is 8. The number of allylic oxidation sites excluding steroid dienone is 2. The zero-order valence-electron chi connectivity index (χ0n) is 21.6. The second-order valence-corrected chi connectivity index (χ2v) is 9.36. The van der Waals surface area contributed by atoms with E-state index in [1.165, 1.54) is 6.92 Å². The predicted octanol–water partition coefficient (Wildman–Crippen LogP) is 5.47. The van der Waals surface area contributed by atoms with Gasteiger partial charge in [-0.25, -0.2) is 0 Å². The molecule has 0 saturated heterocycles. The molecule has 5 rings (SSSR count). The highest BCUT2D eigenvalue weighted by atomic mass is 16.5. The molecule has 3 aromatic rings. The minimum absolute atomic E-state index is 0.0600. The fraction of sp³-hybridized carbons (Fsp3) is 0.226. The molecule has 2 N–H and O–H groups in total. The number of carbonyl (C=O) groups excluding carboxylic acids is 2. The number of hydrogen-bond donors (Lipinski definition) is 2. The Kier molecular flexibility index (Phi) is 7.45. The van der Waals surface area contributed by atoms with Crippen molar-refractivity contribution in [3.63, 3.8) is 0 Å². The lowest BCUT2D eigenvalue weighted by atomic mass is 9.95. The van der Waals surface area contributed by atoms with Crippen LogP contribution in [0, 0.1) is 0 Å². The van der Waals surface area contributed by atoms with E-state index in [4.69, 9.17) is 9.47 Å². The lowest BCUT2D eigenvalue weighted by molar-refractivity contribution is -0.132. The summed E-state index contributed by atoms with van der Waals surface area (Å²) in [5.41, 5.74) is 5.32. The van der Waals surface area contributed by atoms with Gasteiger partial charge in [-0.1, -0.05) is 42.5 Å². The number of amides is 2. The first-order valence-corrected chi connectivity index (χ1v) is 12.7. The van der Waals surface area contributed by atoms with E-state index in [0.717, 1.165) is 40.8 Å². The van der Waals surface area contributed by atoms with E-state index in [2.05, 4.69) is 16.7 Å². The number of carbonyl (C=O) groups is 2. The lowest BCUT2D eigenvalue weighted by Crippen LogP contribution is -2.47. The molecule has 0 bridgehead atoms. The van der Waals surface area contributed by atoms with Crippen LogP contribution in [0.25, 0.3) is 0 Å². The van der Waals surface area contributed by atoms with Crippen molar-refractivity contribution in [2.45, 2.75) is 39.1 Å². The quantitative estimate of drug-likeness (QED) is 0.421. The highest BCUT2D eigenvalue weighted by molar-refractivity contribution is 5.96. The highest BCUT2D eigenvalue weighted by Crippen LogP contribution is 2.34. The fourth-order valence-electron chi connectivity index (χ4n) is 4.82. The van der Waals surface area contributed by atoms with E-state index in [1.54, 1.807) is 19.2 Å². The van der Waals surface area contributed by atoms with Crippen LogP contribution in [-0.2, 0) is 22.7 Å². The normalized spacial score (nSPS) is 16.5. The van der Waals surface area contributed by atoms with Crippen LogP contribution < -0.4 is 20.1 Å². The first-order chi connectivity index (χ1) is 18.5. The number of ether oxygens (including phenoxy) is 2. The Balaban J connectivity index is 1.41. The van der Waals surface area contributed by atoms with Gasteiger partial charge in [-0.3, -0.25) is 9.59 Å². The molecule has 3 aromatic carbocycles. The standard InChI is InChI=1S/C31H31N3O4/c1-21(35)32-25-13-15-26(16-14-25)38-20-24-18-23(12-17-29(24)37-2)30-33-28-11-7-6-10-27(28)31(36)34(30)19-22-8-4-3-5-9-22/h3-5,7-9,11-18,30,33H,6,10,19-20H2,1-2H3,(H,32,35). The molecule has 2 aliphatic rings. The molecule has 0 aromatic heterocycles. The molecule has 1 aliphatic carbocycles. The molecule has 0 fully saturated rings. The first-order valence-electron chi connectivity index (χ1n) is 12.7. The van der Waals surface area contributed by atoms with Crippen LogP contribution >= 0.6 is 0 Å². The molecular formula is C31H31N3O4. The van der Waals surface area contributed by atoms with Crippen LogP contribution in [0.4, 0.5) is 5.69 Å². The Labute approximate surface area is 222 Å². The van der Waals surface area contributed by atoms with Gasteiger partial charge in [0, 0.05) is 36.0 Å². The Morgan fingerprint density at radius 2 is 1.87 bits per heavy atom.